The number of ether oxygens (including phenoxy) is 1. The number of likely N-dealkylation sites (tertiary alicyclic amines) is 1. The summed E-state index contributed by atoms with van der Waals surface area (Å²) in [5, 5.41) is 16.3. The maximum atomic E-state index is 12.9. The highest BCUT2D eigenvalue weighted by atomic mass is 32.1. The Labute approximate surface area is 239 Å². The molecule has 1 aromatic heterocycles. The lowest BCUT2D eigenvalue weighted by atomic mass is 9.99. The van der Waals surface area contributed by atoms with Crippen LogP contribution >= 0.6 is 11.3 Å². The zero-order valence-corrected chi connectivity index (χ0v) is 23.8. The van der Waals surface area contributed by atoms with Gasteiger partial charge in [0, 0.05) is 40.1 Å². The zero-order chi connectivity index (χ0) is 28.1. The highest BCUT2D eigenvalue weighted by Crippen LogP contribution is 2.31. The number of hydrogen-bond donors (Lipinski definition) is 3. The maximum absolute atomic E-state index is 12.9. The van der Waals surface area contributed by atoms with Gasteiger partial charge in [0.1, 0.15) is 6.10 Å². The van der Waals surface area contributed by atoms with E-state index < -0.39 is 6.09 Å². The van der Waals surface area contributed by atoms with Gasteiger partial charge in [-0.05, 0) is 53.3 Å². The van der Waals surface area contributed by atoms with E-state index in [1.54, 1.807) is 11.3 Å². The van der Waals surface area contributed by atoms with Crippen LogP contribution in [0.4, 0.5) is 16.2 Å². The van der Waals surface area contributed by atoms with Gasteiger partial charge in [0.25, 0.3) is 0 Å². The number of benzene rings is 3. The third kappa shape index (κ3) is 7.07. The van der Waals surface area contributed by atoms with Gasteiger partial charge in [-0.3, -0.25) is 10.1 Å². The first kappa shape index (κ1) is 27.8. The van der Waals surface area contributed by atoms with Gasteiger partial charge in [0.2, 0.25) is 5.91 Å². The Morgan fingerprint density at radius 3 is 2.50 bits per heavy atom. The van der Waals surface area contributed by atoms with Crippen LogP contribution in [0, 0.1) is 0 Å². The van der Waals surface area contributed by atoms with Crippen molar-refractivity contribution < 1.29 is 23.9 Å². The Morgan fingerprint density at radius 1 is 0.975 bits per heavy atom. The molecule has 2 amide bonds. The number of aliphatic hydroxyl groups is 1. The first-order chi connectivity index (χ1) is 19.3. The molecule has 0 aliphatic carbocycles. The zero-order valence-electron chi connectivity index (χ0n) is 23.0. The van der Waals surface area contributed by atoms with Crippen LogP contribution in [0.3, 0.4) is 0 Å². The average molecular weight is 559 g/mol. The second-order valence-corrected chi connectivity index (χ2v) is 12.2. The Bertz CT molecular complexity index is 1490. The van der Waals surface area contributed by atoms with Crippen LogP contribution in [0.5, 0.6) is 0 Å². The summed E-state index contributed by atoms with van der Waals surface area (Å²) >= 11 is 1.54. The van der Waals surface area contributed by atoms with E-state index >= 15 is 0 Å². The molecule has 2 heterocycles. The van der Waals surface area contributed by atoms with Crippen molar-refractivity contribution in [3.63, 3.8) is 0 Å². The van der Waals surface area contributed by atoms with E-state index in [1.165, 1.54) is 0 Å². The van der Waals surface area contributed by atoms with Crippen LogP contribution in [-0.2, 0) is 22.6 Å². The van der Waals surface area contributed by atoms with Crippen molar-refractivity contribution in [1.82, 2.24) is 0 Å². The van der Waals surface area contributed by atoms with E-state index in [1.807, 2.05) is 72.8 Å². The molecular formula is C32H36N3O4S+. The van der Waals surface area contributed by atoms with Gasteiger partial charge in [-0.2, -0.15) is 0 Å². The number of nitrogens with one attached hydrogen (secondary N) is 2. The third-order valence-electron chi connectivity index (χ3n) is 7.44. The van der Waals surface area contributed by atoms with Gasteiger partial charge in [0.15, 0.2) is 0 Å². The molecule has 0 saturated carbocycles. The number of amides is 2. The van der Waals surface area contributed by atoms with Gasteiger partial charge in [-0.15, -0.1) is 11.3 Å². The van der Waals surface area contributed by atoms with Crippen molar-refractivity contribution in [1.29, 1.82) is 0 Å². The number of nitrogens with zero attached hydrogens (tertiary/aromatic N) is 1. The summed E-state index contributed by atoms with van der Waals surface area (Å²) < 4.78 is 7.81. The fraction of sp³-hybridized carbons (Fsp3) is 0.312. The van der Waals surface area contributed by atoms with Gasteiger partial charge in [-0.1, -0.05) is 42.5 Å². The second-order valence-electron chi connectivity index (χ2n) is 11.0. The van der Waals surface area contributed by atoms with Crippen molar-refractivity contribution in [3.05, 3.63) is 83.2 Å². The topological polar surface area (TPSA) is 87.7 Å². The average Bonchev–Trinajstić information content (AvgIpc) is 3.36. The molecule has 40 heavy (non-hydrogen) atoms. The SMILES string of the molecule is C[N+]1(C)CCC(OC(=O)Nc2cc(CCC(=O)Nc3ccc4sc(CO)cc4c3)ccc2-c2ccccc2)CC1. The number of piperidine rings is 1. The number of carbonyl (C=O) groups is 2. The molecule has 0 radical (unpaired) electrons. The van der Waals surface area contributed by atoms with Crippen LogP contribution in [0.25, 0.3) is 21.2 Å². The standard InChI is InChI=1S/C32H35N3O4S/c1-35(2)16-14-26(15-17-35)39-32(38)34-29-18-22(8-11-28(29)23-6-4-3-5-7-23)9-13-31(37)33-25-10-12-30-24(19-25)20-27(21-36)40-30/h3-8,10-12,18-20,26,36H,9,13-17,21H2,1-2H3,(H-,33,34,37,38)/p+1. The summed E-state index contributed by atoms with van der Waals surface area (Å²) in [4.78, 5) is 26.6. The van der Waals surface area contributed by atoms with Crippen molar-refractivity contribution >= 4 is 44.8 Å². The molecule has 1 aliphatic rings. The van der Waals surface area contributed by atoms with Crippen LogP contribution in [0.2, 0.25) is 0 Å². The van der Waals surface area contributed by atoms with E-state index in [0.717, 1.165) is 67.8 Å². The van der Waals surface area contributed by atoms with Gasteiger partial charge >= 0.3 is 6.09 Å². The molecule has 8 heteroatoms. The summed E-state index contributed by atoms with van der Waals surface area (Å²) in [7, 11) is 4.40. The van der Waals surface area contributed by atoms with Crippen LogP contribution in [0.1, 0.15) is 29.7 Å². The van der Waals surface area contributed by atoms with Crippen molar-refractivity contribution in [2.45, 2.75) is 38.4 Å². The van der Waals surface area contributed by atoms with Crippen molar-refractivity contribution in [3.8, 4) is 11.1 Å². The lowest BCUT2D eigenvalue weighted by molar-refractivity contribution is -0.896. The number of aryl methyl sites for hydroxylation is 1. The molecule has 0 spiro atoms. The lowest BCUT2D eigenvalue weighted by Gasteiger charge is -2.36. The largest absolute Gasteiger partial charge is 0.446 e. The molecule has 0 bridgehead atoms. The number of carbonyl (C=O) groups excluding carboxylic acids is 2. The summed E-state index contributed by atoms with van der Waals surface area (Å²) in [6.07, 6.45) is 2.00. The molecule has 1 aliphatic heterocycles. The molecule has 5 rings (SSSR count). The number of anilines is 2. The number of quaternary nitrogens is 1. The molecule has 4 aromatic rings. The van der Waals surface area contributed by atoms with E-state index in [4.69, 9.17) is 4.74 Å². The van der Waals surface area contributed by atoms with Crippen LogP contribution in [-0.4, -0.2) is 54.9 Å². The molecule has 3 N–H and O–H groups in total. The second kappa shape index (κ2) is 12.2. The molecule has 1 saturated heterocycles. The molecule has 3 aromatic carbocycles. The predicted octanol–water partition coefficient (Wildman–Crippen LogP) is 6.42. The molecular weight excluding hydrogens is 522 g/mol. The minimum absolute atomic E-state index is 0.0109. The molecule has 7 nitrogen and oxygen atoms in total. The number of rotatable bonds is 8. The summed E-state index contributed by atoms with van der Waals surface area (Å²) in [6.45, 7) is 1.97. The summed E-state index contributed by atoms with van der Waals surface area (Å²) in [5.41, 5.74) is 4.24. The fourth-order valence-corrected chi connectivity index (χ4v) is 6.01. The first-order valence-corrected chi connectivity index (χ1v) is 14.5. The Kier molecular flexibility index (Phi) is 8.49. The Hall–Kier alpha value is -3.72. The Morgan fingerprint density at radius 2 is 1.75 bits per heavy atom. The first-order valence-electron chi connectivity index (χ1n) is 13.7. The lowest BCUT2D eigenvalue weighted by Crippen LogP contribution is -2.48. The summed E-state index contributed by atoms with van der Waals surface area (Å²) in [6, 6.07) is 23.5. The molecule has 0 unspecified atom stereocenters. The van der Waals surface area contributed by atoms with Gasteiger partial charge < -0.3 is 19.6 Å². The van der Waals surface area contributed by atoms with Crippen molar-refractivity contribution in [2.24, 2.45) is 0 Å². The number of thiophene rings is 1. The molecule has 208 valence electrons. The monoisotopic (exact) mass is 558 g/mol. The van der Waals surface area contributed by atoms with Gasteiger partial charge in [-0.25, -0.2) is 4.79 Å². The Balaban J connectivity index is 1.25. The van der Waals surface area contributed by atoms with Crippen molar-refractivity contribution in [2.75, 3.05) is 37.8 Å². The normalized spacial score (nSPS) is 15.1. The van der Waals surface area contributed by atoms with Crippen LogP contribution in [0.15, 0.2) is 72.8 Å². The quantitative estimate of drug-likeness (QED) is 0.218. The minimum atomic E-state index is -0.447. The third-order valence-corrected chi connectivity index (χ3v) is 8.54. The smallest absolute Gasteiger partial charge is 0.411 e. The minimum Gasteiger partial charge on any atom is -0.446 e. The van der Waals surface area contributed by atoms with Crippen LogP contribution < -0.4 is 10.6 Å². The van der Waals surface area contributed by atoms with E-state index in [0.29, 0.717) is 18.5 Å². The van der Waals surface area contributed by atoms with E-state index in [-0.39, 0.29) is 18.6 Å². The van der Waals surface area contributed by atoms with E-state index in [9.17, 15) is 14.7 Å². The number of hydrogen-bond acceptors (Lipinski definition) is 5. The highest BCUT2D eigenvalue weighted by molar-refractivity contribution is 7.19. The molecule has 1 fully saturated rings. The number of fused-ring (bicyclic) bond motifs is 1. The fourth-order valence-electron chi connectivity index (χ4n) is 5.11. The maximum Gasteiger partial charge on any atom is 0.411 e. The highest BCUT2D eigenvalue weighted by Gasteiger charge is 2.28. The number of aliphatic hydroxyl groups excluding tert-OH is 1. The summed E-state index contributed by atoms with van der Waals surface area (Å²) in [5.74, 6) is -0.0864. The van der Waals surface area contributed by atoms with Gasteiger partial charge in [0.05, 0.1) is 39.5 Å². The molecule has 0 atom stereocenters. The van der Waals surface area contributed by atoms with E-state index in [2.05, 4.69) is 24.7 Å². The predicted molar refractivity (Wildman–Crippen MR) is 162 cm³/mol.